The Morgan fingerprint density at radius 1 is 0.611 bits per heavy atom. The van der Waals surface area contributed by atoms with E-state index in [0.717, 1.165) is 59.2 Å². The third-order valence-corrected chi connectivity index (χ3v) is 6.90. The van der Waals surface area contributed by atoms with Crippen LogP contribution in [0, 0.1) is 0 Å². The van der Waals surface area contributed by atoms with Gasteiger partial charge in [-0.2, -0.15) is 0 Å². The van der Waals surface area contributed by atoms with Crippen LogP contribution >= 0.6 is 0 Å². The molecule has 0 fully saturated rings. The molecule has 4 nitrogen and oxygen atoms in total. The maximum atomic E-state index is 4.85. The average molecular weight is 471 g/mol. The minimum atomic E-state index is 0.384. The summed E-state index contributed by atoms with van der Waals surface area (Å²) in [6.45, 7) is 3.21. The van der Waals surface area contributed by atoms with E-state index < -0.39 is 0 Å². The van der Waals surface area contributed by atoms with E-state index in [1.54, 1.807) is 0 Å². The lowest BCUT2D eigenvalue weighted by molar-refractivity contribution is 0.635. The fourth-order valence-electron chi connectivity index (χ4n) is 5.01. The fourth-order valence-corrected chi connectivity index (χ4v) is 5.01. The van der Waals surface area contributed by atoms with Crippen molar-refractivity contribution in [3.05, 3.63) is 97.1 Å². The van der Waals surface area contributed by atoms with Gasteiger partial charge in [0.2, 0.25) is 0 Å². The molecule has 0 saturated heterocycles. The number of hydrogen-bond donors (Lipinski definition) is 2. The lowest BCUT2D eigenvalue weighted by atomic mass is 10.1. The first-order valence-corrected chi connectivity index (χ1v) is 12.8. The zero-order valence-corrected chi connectivity index (χ0v) is 20.5. The summed E-state index contributed by atoms with van der Waals surface area (Å²) in [5.41, 5.74) is 6.47. The van der Waals surface area contributed by atoms with Gasteiger partial charge in [0.1, 0.15) is 0 Å². The van der Waals surface area contributed by atoms with Gasteiger partial charge in [0.25, 0.3) is 0 Å². The Kier molecular flexibility index (Phi) is 6.08. The first kappa shape index (κ1) is 22.3. The van der Waals surface area contributed by atoms with Crippen molar-refractivity contribution in [1.82, 2.24) is 9.97 Å². The van der Waals surface area contributed by atoms with Crippen LogP contribution in [0.25, 0.3) is 43.6 Å². The molecule has 6 aromatic rings. The van der Waals surface area contributed by atoms with Crippen molar-refractivity contribution in [2.45, 2.75) is 32.2 Å². The Labute approximate surface area is 211 Å². The van der Waals surface area contributed by atoms with Crippen LogP contribution in [0.15, 0.2) is 97.1 Å². The molecule has 0 bridgehead atoms. The van der Waals surface area contributed by atoms with Gasteiger partial charge in [0.15, 0.2) is 0 Å². The summed E-state index contributed by atoms with van der Waals surface area (Å²) >= 11 is 0. The van der Waals surface area contributed by atoms with Crippen LogP contribution in [0.1, 0.15) is 26.2 Å². The number of rotatable bonds is 8. The molecule has 2 N–H and O–H groups in total. The summed E-state index contributed by atoms with van der Waals surface area (Å²) in [6.07, 6.45) is 3.38. The van der Waals surface area contributed by atoms with Crippen LogP contribution in [0.4, 0.5) is 11.4 Å². The quantitative estimate of drug-likeness (QED) is 0.174. The van der Waals surface area contributed by atoms with E-state index in [2.05, 4.69) is 102 Å². The fraction of sp³-hybridized carbons (Fsp3) is 0.188. The number of pyridine rings is 2. The monoisotopic (exact) mass is 470 g/mol. The van der Waals surface area contributed by atoms with Crippen molar-refractivity contribution in [3.8, 4) is 0 Å². The molecule has 0 aliphatic carbocycles. The lowest BCUT2D eigenvalue weighted by Crippen LogP contribution is -2.15. The molecule has 0 aliphatic rings. The Morgan fingerprint density at radius 3 is 1.83 bits per heavy atom. The Hall–Kier alpha value is -4.18. The number of para-hydroxylation sites is 2. The van der Waals surface area contributed by atoms with Gasteiger partial charge in [-0.3, -0.25) is 0 Å². The van der Waals surface area contributed by atoms with E-state index in [9.17, 15) is 0 Å². The molecule has 2 heterocycles. The topological polar surface area (TPSA) is 49.8 Å². The SMILES string of the molecule is CC(CCCCNc1cccc2nc3ccccc3cc12)Nc1cccc2nc3ccccc3cc12. The summed E-state index contributed by atoms with van der Waals surface area (Å²) in [5.74, 6) is 0. The maximum absolute atomic E-state index is 4.85. The zero-order valence-electron chi connectivity index (χ0n) is 20.5. The predicted molar refractivity (Wildman–Crippen MR) is 154 cm³/mol. The van der Waals surface area contributed by atoms with Crippen molar-refractivity contribution in [1.29, 1.82) is 0 Å². The highest BCUT2D eigenvalue weighted by molar-refractivity contribution is 6.00. The van der Waals surface area contributed by atoms with Gasteiger partial charge in [-0.1, -0.05) is 48.5 Å². The largest absolute Gasteiger partial charge is 0.384 e. The van der Waals surface area contributed by atoms with E-state index >= 15 is 0 Å². The number of aromatic nitrogens is 2. The summed E-state index contributed by atoms with van der Waals surface area (Å²) < 4.78 is 0. The molecule has 4 heteroatoms. The van der Waals surface area contributed by atoms with Gasteiger partial charge in [0.05, 0.1) is 22.1 Å². The van der Waals surface area contributed by atoms with Crippen LogP contribution < -0.4 is 10.6 Å². The molecule has 1 unspecified atom stereocenters. The first-order chi connectivity index (χ1) is 17.7. The Bertz CT molecular complexity index is 1670. The minimum absolute atomic E-state index is 0.384. The van der Waals surface area contributed by atoms with E-state index in [1.165, 1.54) is 21.5 Å². The Morgan fingerprint density at radius 2 is 1.17 bits per heavy atom. The summed E-state index contributed by atoms with van der Waals surface area (Å²) in [5, 5.41) is 12.1. The molecule has 0 amide bonds. The molecule has 36 heavy (non-hydrogen) atoms. The molecule has 6 rings (SSSR count). The van der Waals surface area contributed by atoms with Crippen LogP contribution in [-0.4, -0.2) is 22.6 Å². The van der Waals surface area contributed by atoms with Gasteiger partial charge in [0, 0.05) is 45.5 Å². The predicted octanol–water partition coefficient (Wildman–Crippen LogP) is 8.17. The van der Waals surface area contributed by atoms with Crippen LogP contribution in [0.3, 0.4) is 0 Å². The number of nitrogens with zero attached hydrogens (tertiary/aromatic N) is 2. The highest BCUT2D eigenvalue weighted by atomic mass is 14.9. The second-order valence-corrected chi connectivity index (χ2v) is 9.57. The second kappa shape index (κ2) is 9.82. The number of hydrogen-bond acceptors (Lipinski definition) is 4. The van der Waals surface area contributed by atoms with Gasteiger partial charge in [-0.15, -0.1) is 0 Å². The van der Waals surface area contributed by atoms with Crippen molar-refractivity contribution in [3.63, 3.8) is 0 Å². The average Bonchev–Trinajstić information content (AvgIpc) is 2.91. The molecule has 4 aromatic carbocycles. The van der Waals surface area contributed by atoms with Crippen LogP contribution in [0.2, 0.25) is 0 Å². The summed E-state index contributed by atoms with van der Waals surface area (Å²) in [4.78, 5) is 9.68. The smallest absolute Gasteiger partial charge is 0.0730 e. The molecule has 0 saturated carbocycles. The van der Waals surface area contributed by atoms with Crippen molar-refractivity contribution >= 4 is 55.0 Å². The zero-order chi connectivity index (χ0) is 24.3. The second-order valence-electron chi connectivity index (χ2n) is 9.57. The number of unbranched alkanes of at least 4 members (excludes halogenated alkanes) is 1. The van der Waals surface area contributed by atoms with E-state index in [0.29, 0.717) is 6.04 Å². The van der Waals surface area contributed by atoms with Gasteiger partial charge >= 0.3 is 0 Å². The number of anilines is 2. The molecule has 0 radical (unpaired) electrons. The highest BCUT2D eigenvalue weighted by Gasteiger charge is 2.08. The molecule has 2 aromatic heterocycles. The van der Waals surface area contributed by atoms with Crippen molar-refractivity contribution in [2.75, 3.05) is 17.2 Å². The maximum Gasteiger partial charge on any atom is 0.0730 e. The highest BCUT2D eigenvalue weighted by Crippen LogP contribution is 2.28. The summed E-state index contributed by atoms with van der Waals surface area (Å²) in [6, 6.07) is 34.2. The first-order valence-electron chi connectivity index (χ1n) is 12.8. The van der Waals surface area contributed by atoms with Gasteiger partial charge < -0.3 is 10.6 Å². The third-order valence-electron chi connectivity index (χ3n) is 6.90. The molecule has 178 valence electrons. The van der Waals surface area contributed by atoms with E-state index in [1.807, 2.05) is 12.1 Å². The normalized spacial score (nSPS) is 12.4. The summed E-state index contributed by atoms with van der Waals surface area (Å²) in [7, 11) is 0. The Balaban J connectivity index is 1.07. The van der Waals surface area contributed by atoms with Crippen molar-refractivity contribution < 1.29 is 0 Å². The van der Waals surface area contributed by atoms with Crippen LogP contribution in [-0.2, 0) is 0 Å². The van der Waals surface area contributed by atoms with E-state index in [4.69, 9.17) is 9.97 Å². The van der Waals surface area contributed by atoms with Crippen LogP contribution in [0.5, 0.6) is 0 Å². The number of nitrogens with one attached hydrogen (secondary N) is 2. The standard InChI is InChI=1S/C32H30N4/c1-22(34-30-16-9-18-32-26(30)21-24-12-3-5-14-28(24)36-32)10-6-7-19-33-29-15-8-17-31-25(29)20-23-11-2-4-13-27(23)35-31/h2-5,8-9,11-18,20-22,33-34H,6-7,10,19H2,1H3. The third kappa shape index (κ3) is 4.55. The number of fused-ring (bicyclic) bond motifs is 4. The van der Waals surface area contributed by atoms with Crippen molar-refractivity contribution in [2.24, 2.45) is 0 Å². The molecule has 1 atom stereocenters. The minimum Gasteiger partial charge on any atom is -0.384 e. The van der Waals surface area contributed by atoms with Gasteiger partial charge in [-0.05, 0) is 74.7 Å². The molecular formula is C32H30N4. The van der Waals surface area contributed by atoms with Gasteiger partial charge in [-0.25, -0.2) is 9.97 Å². The number of benzene rings is 4. The lowest BCUT2D eigenvalue weighted by Gasteiger charge is -2.17. The molecule has 0 aliphatic heterocycles. The molecule has 0 spiro atoms. The molecular weight excluding hydrogens is 440 g/mol. The van der Waals surface area contributed by atoms with E-state index in [-0.39, 0.29) is 0 Å².